The monoisotopic (exact) mass is 503 g/mol. The number of hydrogen-bond acceptors (Lipinski definition) is 8. The molecule has 2 aromatic rings. The van der Waals surface area contributed by atoms with Crippen molar-refractivity contribution in [3.05, 3.63) is 45.4 Å². The quantitative estimate of drug-likeness (QED) is 0.559. The molecule has 0 N–H and O–H groups in total. The zero-order valence-corrected chi connectivity index (χ0v) is 21.2. The highest BCUT2D eigenvalue weighted by atomic mass is 32.2. The van der Waals surface area contributed by atoms with Gasteiger partial charge in [-0.2, -0.15) is 0 Å². The van der Waals surface area contributed by atoms with E-state index in [-0.39, 0.29) is 24.3 Å². The van der Waals surface area contributed by atoms with E-state index in [1.807, 2.05) is 36.9 Å². The minimum Gasteiger partial charge on any atom is -0.484 e. The van der Waals surface area contributed by atoms with Crippen LogP contribution >= 0.6 is 23.1 Å². The molecule has 0 saturated carbocycles. The molecule has 2 fully saturated rings. The van der Waals surface area contributed by atoms with Gasteiger partial charge in [-0.1, -0.05) is 6.07 Å². The fraction of sp³-hybridized carbons (Fsp3) is 0.500. The molecule has 2 aliphatic heterocycles. The number of nitrogens with zero attached hydrogens (tertiary/aromatic N) is 3. The summed E-state index contributed by atoms with van der Waals surface area (Å²) in [6.45, 7) is 5.86. The lowest BCUT2D eigenvalue weighted by Crippen LogP contribution is -2.40. The third kappa shape index (κ3) is 5.38. The first-order valence-corrected chi connectivity index (χ1v) is 13.2. The van der Waals surface area contributed by atoms with Crippen molar-refractivity contribution in [3.8, 4) is 5.75 Å². The fourth-order valence-electron chi connectivity index (χ4n) is 4.11. The van der Waals surface area contributed by atoms with Crippen LogP contribution in [0.25, 0.3) is 0 Å². The Morgan fingerprint density at radius 3 is 2.59 bits per heavy atom. The molecule has 0 radical (unpaired) electrons. The number of aryl methyl sites for hydroxylation is 2. The number of amides is 2. The van der Waals surface area contributed by atoms with E-state index < -0.39 is 11.3 Å². The molecule has 0 aliphatic carbocycles. The van der Waals surface area contributed by atoms with E-state index in [1.54, 1.807) is 5.38 Å². The standard InChI is InChI=1S/C24H29N3O5S2/c1-15-4-5-18(12-16(15)2)32-13-20(28)26-8-6-17(7-9-26)21-25-19(14-34-21)22(29)27-10-11-33-23(27)24(30)31-3/h4-5,12,14,17,23H,6-11,13H2,1-3H3. The van der Waals surface area contributed by atoms with Gasteiger partial charge in [-0.3, -0.25) is 9.59 Å². The molecular weight excluding hydrogens is 474 g/mol. The number of aromatic nitrogens is 1. The van der Waals surface area contributed by atoms with Crippen LogP contribution < -0.4 is 4.74 Å². The van der Waals surface area contributed by atoms with Gasteiger partial charge in [0.15, 0.2) is 12.0 Å². The molecule has 1 aromatic carbocycles. The van der Waals surface area contributed by atoms with Gasteiger partial charge in [0.1, 0.15) is 11.4 Å². The minimum atomic E-state index is -0.608. The normalized spacial score (nSPS) is 18.7. The Labute approximate surface area is 207 Å². The number of carbonyl (C=O) groups is 3. The maximum Gasteiger partial charge on any atom is 0.339 e. The number of benzene rings is 1. The molecule has 3 heterocycles. The summed E-state index contributed by atoms with van der Waals surface area (Å²) >= 11 is 2.87. The summed E-state index contributed by atoms with van der Waals surface area (Å²) in [4.78, 5) is 45.5. The van der Waals surface area contributed by atoms with Crippen LogP contribution in [-0.2, 0) is 14.3 Å². The molecule has 182 valence electrons. The van der Waals surface area contributed by atoms with E-state index in [0.717, 1.165) is 23.4 Å². The van der Waals surface area contributed by atoms with Crippen molar-refractivity contribution in [2.45, 2.75) is 38.0 Å². The first-order chi connectivity index (χ1) is 16.4. The van der Waals surface area contributed by atoms with E-state index >= 15 is 0 Å². The van der Waals surface area contributed by atoms with Crippen LogP contribution in [0.15, 0.2) is 23.6 Å². The Balaban J connectivity index is 1.29. The van der Waals surface area contributed by atoms with Gasteiger partial charge < -0.3 is 19.3 Å². The Hall–Kier alpha value is -2.59. The number of thiazole rings is 1. The third-order valence-corrected chi connectivity index (χ3v) is 8.52. The van der Waals surface area contributed by atoms with Crippen molar-refractivity contribution in [2.24, 2.45) is 0 Å². The average Bonchev–Trinajstić information content (AvgIpc) is 3.54. The van der Waals surface area contributed by atoms with E-state index in [4.69, 9.17) is 9.47 Å². The minimum absolute atomic E-state index is 0.0212. The lowest BCUT2D eigenvalue weighted by atomic mass is 9.97. The number of likely N-dealkylation sites (tertiary alicyclic amines) is 1. The second-order valence-corrected chi connectivity index (χ2v) is 10.6. The lowest BCUT2D eigenvalue weighted by molar-refractivity contribution is -0.142. The van der Waals surface area contributed by atoms with Gasteiger partial charge in [-0.25, -0.2) is 9.78 Å². The largest absolute Gasteiger partial charge is 0.484 e. The van der Waals surface area contributed by atoms with E-state index in [0.29, 0.717) is 36.8 Å². The highest BCUT2D eigenvalue weighted by molar-refractivity contribution is 8.00. The summed E-state index contributed by atoms with van der Waals surface area (Å²) in [6, 6.07) is 5.83. The van der Waals surface area contributed by atoms with Crippen LogP contribution in [0.4, 0.5) is 0 Å². The summed E-state index contributed by atoms with van der Waals surface area (Å²) in [5, 5.41) is 2.07. The van der Waals surface area contributed by atoms with Crippen molar-refractivity contribution < 1.29 is 23.9 Å². The smallest absolute Gasteiger partial charge is 0.339 e. The number of piperidine rings is 1. The van der Waals surface area contributed by atoms with Crippen LogP contribution in [0, 0.1) is 13.8 Å². The topological polar surface area (TPSA) is 89.0 Å². The van der Waals surface area contributed by atoms with Crippen LogP contribution in [0.1, 0.15) is 45.4 Å². The van der Waals surface area contributed by atoms with Crippen molar-refractivity contribution in [3.63, 3.8) is 0 Å². The van der Waals surface area contributed by atoms with Gasteiger partial charge in [-0.05, 0) is 49.9 Å². The predicted molar refractivity (Wildman–Crippen MR) is 131 cm³/mol. The van der Waals surface area contributed by atoms with Crippen LogP contribution in [0.5, 0.6) is 5.75 Å². The lowest BCUT2D eigenvalue weighted by Gasteiger charge is -2.31. The van der Waals surface area contributed by atoms with E-state index in [1.165, 1.54) is 40.7 Å². The molecule has 1 unspecified atom stereocenters. The number of carbonyl (C=O) groups excluding carboxylic acids is 3. The first-order valence-electron chi connectivity index (χ1n) is 11.3. The number of methoxy groups -OCH3 is 1. The van der Waals surface area contributed by atoms with E-state index in [2.05, 4.69) is 4.98 Å². The summed E-state index contributed by atoms with van der Waals surface area (Å²) in [7, 11) is 1.33. The maximum atomic E-state index is 12.9. The average molecular weight is 504 g/mol. The summed E-state index contributed by atoms with van der Waals surface area (Å²) < 4.78 is 10.5. The Bertz CT molecular complexity index is 1060. The van der Waals surface area contributed by atoms with E-state index in [9.17, 15) is 14.4 Å². The number of hydrogen-bond donors (Lipinski definition) is 0. The second-order valence-electron chi connectivity index (χ2n) is 8.51. The van der Waals surface area contributed by atoms with Crippen LogP contribution in [-0.4, -0.2) is 77.0 Å². The molecule has 10 heteroatoms. The number of ether oxygens (including phenoxy) is 2. The zero-order valence-electron chi connectivity index (χ0n) is 19.6. The number of rotatable bonds is 6. The maximum absolute atomic E-state index is 12.9. The number of esters is 1. The summed E-state index contributed by atoms with van der Waals surface area (Å²) in [5.74, 6) is 0.941. The van der Waals surface area contributed by atoms with Gasteiger partial charge in [0.25, 0.3) is 11.8 Å². The molecular formula is C24H29N3O5S2. The van der Waals surface area contributed by atoms with Crippen LogP contribution in [0.3, 0.4) is 0 Å². The molecule has 0 bridgehead atoms. The zero-order chi connectivity index (χ0) is 24.2. The van der Waals surface area contributed by atoms with Crippen molar-refractivity contribution >= 4 is 40.9 Å². The predicted octanol–water partition coefficient (Wildman–Crippen LogP) is 3.23. The molecule has 4 rings (SSSR count). The van der Waals surface area contributed by atoms with Gasteiger partial charge in [0.2, 0.25) is 0 Å². The Morgan fingerprint density at radius 2 is 1.88 bits per heavy atom. The van der Waals surface area contributed by atoms with Gasteiger partial charge in [0.05, 0.1) is 12.1 Å². The van der Waals surface area contributed by atoms with Gasteiger partial charge >= 0.3 is 5.97 Å². The number of thioether (sulfide) groups is 1. The molecule has 1 aromatic heterocycles. The highest BCUT2D eigenvalue weighted by Crippen LogP contribution is 2.32. The second kappa shape index (κ2) is 10.8. The summed E-state index contributed by atoms with van der Waals surface area (Å²) in [5.41, 5.74) is 2.70. The Morgan fingerprint density at radius 1 is 1.12 bits per heavy atom. The van der Waals surface area contributed by atoms with Gasteiger partial charge in [-0.15, -0.1) is 23.1 Å². The van der Waals surface area contributed by atoms with Crippen LogP contribution in [0.2, 0.25) is 0 Å². The molecule has 2 amide bonds. The van der Waals surface area contributed by atoms with Gasteiger partial charge in [0, 0.05) is 36.7 Å². The SMILES string of the molecule is COC(=O)C1SCCN1C(=O)c1csc(C2CCN(C(=O)COc3ccc(C)c(C)c3)CC2)n1. The summed E-state index contributed by atoms with van der Waals surface area (Å²) in [6.07, 6.45) is 1.59. The molecule has 34 heavy (non-hydrogen) atoms. The first kappa shape index (κ1) is 24.5. The highest BCUT2D eigenvalue weighted by Gasteiger charge is 2.37. The molecule has 2 aliphatic rings. The Kier molecular flexibility index (Phi) is 7.77. The fourth-order valence-corrected chi connectivity index (χ4v) is 6.21. The third-order valence-electron chi connectivity index (χ3n) is 6.33. The van der Waals surface area contributed by atoms with Crippen molar-refractivity contribution in [2.75, 3.05) is 39.1 Å². The van der Waals surface area contributed by atoms with Crippen molar-refractivity contribution in [1.29, 1.82) is 0 Å². The molecule has 2 saturated heterocycles. The molecule has 8 nitrogen and oxygen atoms in total. The molecule has 1 atom stereocenters. The molecule has 0 spiro atoms. The van der Waals surface area contributed by atoms with Crippen molar-refractivity contribution in [1.82, 2.24) is 14.8 Å².